The van der Waals surface area contributed by atoms with Gasteiger partial charge < -0.3 is 15.0 Å². The van der Waals surface area contributed by atoms with E-state index >= 15 is 0 Å². The molecule has 6 heteroatoms. The molecule has 1 aromatic rings. The second-order valence-electron chi connectivity index (χ2n) is 7.57. The zero-order valence-electron chi connectivity index (χ0n) is 17.1. The first-order valence-corrected chi connectivity index (χ1v) is 9.48. The summed E-state index contributed by atoms with van der Waals surface area (Å²) in [6.45, 7) is 11.2. The third kappa shape index (κ3) is 8.71. The number of benzene rings is 1. The lowest BCUT2D eigenvalue weighted by Crippen LogP contribution is -2.39. The average Bonchev–Trinajstić information content (AvgIpc) is 2.58. The van der Waals surface area contributed by atoms with Gasteiger partial charge in [-0.25, -0.2) is 0 Å². The van der Waals surface area contributed by atoms with Crippen molar-refractivity contribution in [3.63, 3.8) is 0 Å². The molecule has 0 saturated heterocycles. The first-order valence-electron chi connectivity index (χ1n) is 9.48. The molecule has 0 atom stereocenters. The van der Waals surface area contributed by atoms with Gasteiger partial charge in [0, 0.05) is 25.2 Å². The summed E-state index contributed by atoms with van der Waals surface area (Å²) in [7, 11) is 0. The highest BCUT2D eigenvalue weighted by Gasteiger charge is 2.18. The molecule has 0 heterocycles. The molecule has 0 aliphatic heterocycles. The molecular weight excluding hydrogens is 344 g/mol. The highest BCUT2D eigenvalue weighted by atomic mass is 16.5. The van der Waals surface area contributed by atoms with E-state index in [1.165, 1.54) is 0 Å². The number of aryl methyl sites for hydroxylation is 1. The van der Waals surface area contributed by atoms with Gasteiger partial charge in [-0.1, -0.05) is 45.9 Å². The van der Waals surface area contributed by atoms with Gasteiger partial charge in [0.2, 0.25) is 0 Å². The Balaban J connectivity index is 2.38. The highest BCUT2D eigenvalue weighted by Crippen LogP contribution is 2.07. The zero-order chi connectivity index (χ0) is 20.4. The lowest BCUT2D eigenvalue weighted by Gasteiger charge is -2.26. The Labute approximate surface area is 162 Å². The van der Waals surface area contributed by atoms with Crippen LogP contribution in [-0.2, 0) is 14.3 Å². The minimum absolute atomic E-state index is 0.0270. The van der Waals surface area contributed by atoms with E-state index in [9.17, 15) is 14.4 Å². The Hall–Kier alpha value is -2.37. The van der Waals surface area contributed by atoms with E-state index in [0.29, 0.717) is 30.5 Å². The van der Waals surface area contributed by atoms with E-state index in [0.717, 1.165) is 5.56 Å². The second-order valence-corrected chi connectivity index (χ2v) is 7.57. The van der Waals surface area contributed by atoms with Crippen LogP contribution in [0.3, 0.4) is 0 Å². The number of rotatable bonds is 10. The molecular formula is C21H32N2O4. The van der Waals surface area contributed by atoms with Crippen LogP contribution >= 0.6 is 0 Å². The summed E-state index contributed by atoms with van der Waals surface area (Å²) in [6, 6.07) is 7.25. The number of esters is 1. The van der Waals surface area contributed by atoms with Crippen molar-refractivity contribution in [2.45, 2.75) is 41.0 Å². The van der Waals surface area contributed by atoms with Gasteiger partial charge in [-0.05, 0) is 30.4 Å². The lowest BCUT2D eigenvalue weighted by atomic mass is 10.1. The summed E-state index contributed by atoms with van der Waals surface area (Å²) in [5, 5.41) is 2.70. The van der Waals surface area contributed by atoms with Crippen LogP contribution in [0.1, 0.15) is 50.0 Å². The van der Waals surface area contributed by atoms with Crippen LogP contribution in [-0.4, -0.2) is 48.9 Å². The maximum Gasteiger partial charge on any atom is 0.308 e. The predicted octanol–water partition coefficient (Wildman–Crippen LogP) is 2.80. The van der Waals surface area contributed by atoms with Crippen molar-refractivity contribution >= 4 is 17.8 Å². The molecule has 0 saturated carbocycles. The smallest absolute Gasteiger partial charge is 0.308 e. The third-order valence-electron chi connectivity index (χ3n) is 3.88. The number of amides is 2. The van der Waals surface area contributed by atoms with Crippen molar-refractivity contribution in [3.05, 3.63) is 35.4 Å². The molecule has 2 amide bonds. The summed E-state index contributed by atoms with van der Waals surface area (Å²) in [6.07, 6.45) is 0.0270. The van der Waals surface area contributed by atoms with Gasteiger partial charge in [0.1, 0.15) is 0 Å². The van der Waals surface area contributed by atoms with E-state index in [1.54, 1.807) is 17.0 Å². The molecule has 1 rings (SSSR count). The van der Waals surface area contributed by atoms with E-state index < -0.39 is 5.97 Å². The van der Waals surface area contributed by atoms with Gasteiger partial charge >= 0.3 is 5.97 Å². The first kappa shape index (κ1) is 22.7. The number of carbonyl (C=O) groups excluding carboxylic acids is 3. The summed E-state index contributed by atoms with van der Waals surface area (Å²) >= 11 is 0. The SMILES string of the molecule is Cc1ccccc1C(=O)NCCC(=O)OCC(=O)N(CC(C)C)CC(C)C. The minimum atomic E-state index is -0.498. The summed E-state index contributed by atoms with van der Waals surface area (Å²) < 4.78 is 5.08. The number of hydrogen-bond acceptors (Lipinski definition) is 4. The Bertz CT molecular complexity index is 631. The van der Waals surface area contributed by atoms with Crippen molar-refractivity contribution in [1.82, 2.24) is 10.2 Å². The first-order chi connectivity index (χ1) is 12.7. The monoisotopic (exact) mass is 376 g/mol. The van der Waals surface area contributed by atoms with Crippen molar-refractivity contribution in [2.24, 2.45) is 11.8 Å². The second kappa shape index (κ2) is 11.4. The maximum absolute atomic E-state index is 12.3. The molecule has 0 unspecified atom stereocenters. The average molecular weight is 376 g/mol. The molecule has 150 valence electrons. The molecule has 1 N–H and O–H groups in total. The van der Waals surface area contributed by atoms with Crippen molar-refractivity contribution in [1.29, 1.82) is 0 Å². The van der Waals surface area contributed by atoms with Gasteiger partial charge in [-0.2, -0.15) is 0 Å². The van der Waals surface area contributed by atoms with E-state index in [2.05, 4.69) is 5.32 Å². The molecule has 0 aromatic heterocycles. The molecule has 0 fully saturated rings. The molecule has 0 bridgehead atoms. The summed E-state index contributed by atoms with van der Waals surface area (Å²) in [5.41, 5.74) is 1.46. The van der Waals surface area contributed by atoms with Crippen LogP contribution in [0.4, 0.5) is 0 Å². The number of carbonyl (C=O) groups is 3. The Kier molecular flexibility index (Phi) is 9.54. The summed E-state index contributed by atoms with van der Waals surface area (Å²) in [4.78, 5) is 38.0. The maximum atomic E-state index is 12.3. The van der Waals surface area contributed by atoms with Gasteiger partial charge in [0.15, 0.2) is 6.61 Å². The largest absolute Gasteiger partial charge is 0.456 e. The fraction of sp³-hybridized carbons (Fsp3) is 0.571. The van der Waals surface area contributed by atoms with E-state index in [4.69, 9.17) is 4.74 Å². The molecule has 6 nitrogen and oxygen atoms in total. The molecule has 1 aromatic carbocycles. The number of ether oxygens (including phenoxy) is 1. The van der Waals surface area contributed by atoms with Crippen LogP contribution in [0.2, 0.25) is 0 Å². The Morgan fingerprint density at radius 2 is 1.63 bits per heavy atom. The number of hydrogen-bond donors (Lipinski definition) is 1. The van der Waals surface area contributed by atoms with Crippen LogP contribution in [0, 0.1) is 18.8 Å². The van der Waals surface area contributed by atoms with Gasteiger partial charge in [0.25, 0.3) is 11.8 Å². The van der Waals surface area contributed by atoms with Crippen LogP contribution in [0.25, 0.3) is 0 Å². The summed E-state index contributed by atoms with van der Waals surface area (Å²) in [5.74, 6) is -0.214. The van der Waals surface area contributed by atoms with Crippen molar-refractivity contribution < 1.29 is 19.1 Å². The standard InChI is InChI=1S/C21H32N2O4/c1-15(2)12-23(13-16(3)4)19(24)14-27-20(25)10-11-22-21(26)18-9-7-6-8-17(18)5/h6-9,15-16H,10-14H2,1-5H3,(H,22,26). The van der Waals surface area contributed by atoms with E-state index in [1.807, 2.05) is 46.8 Å². The predicted molar refractivity (Wildman–Crippen MR) is 105 cm³/mol. The lowest BCUT2D eigenvalue weighted by molar-refractivity contribution is -0.152. The molecule has 0 aliphatic carbocycles. The molecule has 27 heavy (non-hydrogen) atoms. The van der Waals surface area contributed by atoms with Crippen LogP contribution in [0.5, 0.6) is 0 Å². The number of nitrogens with zero attached hydrogens (tertiary/aromatic N) is 1. The topological polar surface area (TPSA) is 75.7 Å². The molecule has 0 radical (unpaired) electrons. The Morgan fingerprint density at radius 3 is 2.19 bits per heavy atom. The van der Waals surface area contributed by atoms with Gasteiger partial charge in [0.05, 0.1) is 6.42 Å². The zero-order valence-corrected chi connectivity index (χ0v) is 17.1. The normalized spacial score (nSPS) is 10.8. The fourth-order valence-electron chi connectivity index (χ4n) is 2.67. The third-order valence-corrected chi connectivity index (χ3v) is 3.88. The van der Waals surface area contributed by atoms with Crippen LogP contribution in [0.15, 0.2) is 24.3 Å². The van der Waals surface area contributed by atoms with Crippen LogP contribution < -0.4 is 5.32 Å². The highest BCUT2D eigenvalue weighted by molar-refractivity contribution is 5.95. The minimum Gasteiger partial charge on any atom is -0.456 e. The van der Waals surface area contributed by atoms with Crippen molar-refractivity contribution in [3.8, 4) is 0 Å². The number of nitrogens with one attached hydrogen (secondary N) is 1. The Morgan fingerprint density at radius 1 is 1.04 bits per heavy atom. The fourth-order valence-corrected chi connectivity index (χ4v) is 2.67. The molecule has 0 aliphatic rings. The van der Waals surface area contributed by atoms with Gasteiger partial charge in [-0.15, -0.1) is 0 Å². The molecule has 0 spiro atoms. The van der Waals surface area contributed by atoms with E-state index in [-0.39, 0.29) is 31.4 Å². The van der Waals surface area contributed by atoms with Gasteiger partial charge in [-0.3, -0.25) is 14.4 Å². The quantitative estimate of drug-likeness (QED) is 0.637. The van der Waals surface area contributed by atoms with Crippen molar-refractivity contribution in [2.75, 3.05) is 26.2 Å².